The average Bonchev–Trinajstić information content (AvgIpc) is 2.97. The quantitative estimate of drug-likeness (QED) is 0.777. The maximum atomic E-state index is 14.2. The van der Waals surface area contributed by atoms with Crippen LogP contribution in [0.4, 0.5) is 13.2 Å². The van der Waals surface area contributed by atoms with Crippen molar-refractivity contribution in [3.05, 3.63) is 65.5 Å². The fraction of sp³-hybridized carbons (Fsp3) is 0.400. The number of alkyl halides is 2. The number of halogens is 3. The van der Waals surface area contributed by atoms with Crippen molar-refractivity contribution >= 4 is 10.0 Å². The molecule has 2 heterocycles. The minimum absolute atomic E-state index is 0.192. The van der Waals surface area contributed by atoms with Crippen molar-refractivity contribution < 1.29 is 21.6 Å². The third-order valence-corrected chi connectivity index (χ3v) is 7.36. The van der Waals surface area contributed by atoms with Gasteiger partial charge in [-0.1, -0.05) is 36.4 Å². The van der Waals surface area contributed by atoms with E-state index < -0.39 is 45.7 Å². The van der Waals surface area contributed by atoms with Crippen molar-refractivity contribution in [1.82, 2.24) is 9.21 Å². The largest absolute Gasteiger partial charge is 0.297 e. The van der Waals surface area contributed by atoms with Crippen LogP contribution in [0.3, 0.4) is 0 Å². The fourth-order valence-corrected chi connectivity index (χ4v) is 5.80. The first kappa shape index (κ1) is 19.4. The highest BCUT2D eigenvalue weighted by atomic mass is 32.2. The van der Waals surface area contributed by atoms with E-state index in [1.807, 2.05) is 29.2 Å². The Morgan fingerprint density at radius 3 is 2.46 bits per heavy atom. The summed E-state index contributed by atoms with van der Waals surface area (Å²) in [4.78, 5) is 1.44. The van der Waals surface area contributed by atoms with Gasteiger partial charge in [-0.25, -0.2) is 21.6 Å². The fourth-order valence-electron chi connectivity index (χ4n) is 4.09. The molecule has 8 heteroatoms. The third kappa shape index (κ3) is 3.68. The van der Waals surface area contributed by atoms with Gasteiger partial charge in [0.15, 0.2) is 0 Å². The molecule has 2 aromatic carbocycles. The first-order valence-corrected chi connectivity index (χ1v) is 10.6. The number of nitrogens with zero attached hydrogens (tertiary/aromatic N) is 2. The summed E-state index contributed by atoms with van der Waals surface area (Å²) in [7, 11) is -4.35. The topological polar surface area (TPSA) is 40.6 Å². The minimum Gasteiger partial charge on any atom is -0.297 e. The van der Waals surface area contributed by atoms with Crippen molar-refractivity contribution in [3.63, 3.8) is 0 Å². The Morgan fingerprint density at radius 2 is 1.71 bits per heavy atom. The number of hydrogen-bond acceptors (Lipinski definition) is 3. The monoisotopic (exact) mass is 410 g/mol. The molecule has 0 spiro atoms. The van der Waals surface area contributed by atoms with E-state index in [1.54, 1.807) is 0 Å². The lowest BCUT2D eigenvalue weighted by molar-refractivity contribution is 0.0164. The molecule has 0 unspecified atom stereocenters. The van der Waals surface area contributed by atoms with Gasteiger partial charge < -0.3 is 0 Å². The molecule has 1 saturated heterocycles. The van der Waals surface area contributed by atoms with E-state index in [-0.39, 0.29) is 6.54 Å². The summed E-state index contributed by atoms with van der Waals surface area (Å²) >= 11 is 0. The van der Waals surface area contributed by atoms with Gasteiger partial charge in [0.1, 0.15) is 10.7 Å². The second-order valence-electron chi connectivity index (χ2n) is 7.45. The summed E-state index contributed by atoms with van der Waals surface area (Å²) in [6.07, 6.45) is 0.234. The molecule has 1 fully saturated rings. The van der Waals surface area contributed by atoms with E-state index in [9.17, 15) is 21.6 Å². The number of sulfonamides is 1. The summed E-state index contributed by atoms with van der Waals surface area (Å²) in [5.41, 5.74) is 2.35. The van der Waals surface area contributed by atoms with Gasteiger partial charge in [0.25, 0.3) is 5.92 Å². The van der Waals surface area contributed by atoms with E-state index in [0.29, 0.717) is 13.1 Å². The zero-order chi connectivity index (χ0) is 19.9. The van der Waals surface area contributed by atoms with E-state index in [2.05, 4.69) is 0 Å². The Bertz CT molecular complexity index is 981. The Hall–Kier alpha value is -1.90. The van der Waals surface area contributed by atoms with Crippen LogP contribution in [0.25, 0.3) is 0 Å². The molecule has 0 bridgehead atoms. The van der Waals surface area contributed by atoms with Crippen LogP contribution in [0, 0.1) is 5.82 Å². The molecule has 1 atom stereocenters. The van der Waals surface area contributed by atoms with Crippen molar-refractivity contribution in [2.45, 2.75) is 36.2 Å². The maximum absolute atomic E-state index is 14.2. The first-order valence-electron chi connectivity index (χ1n) is 9.20. The van der Waals surface area contributed by atoms with Crippen molar-refractivity contribution in [2.75, 3.05) is 19.6 Å². The predicted molar refractivity (Wildman–Crippen MR) is 99.1 cm³/mol. The van der Waals surface area contributed by atoms with Gasteiger partial charge in [0, 0.05) is 32.1 Å². The standard InChI is InChI=1S/C20H21F3N2O2S/c21-18-7-3-4-8-19(18)28(26,27)25-14-20(22,23)11-17(25)13-24-10-9-15-5-1-2-6-16(15)12-24/h1-8,17H,9-14H2/t17-/m0/s1. The first-order chi connectivity index (χ1) is 13.3. The van der Waals surface area contributed by atoms with Crippen LogP contribution in [-0.4, -0.2) is 49.2 Å². The van der Waals surface area contributed by atoms with E-state index in [0.717, 1.165) is 28.4 Å². The van der Waals surface area contributed by atoms with Gasteiger partial charge in [-0.2, -0.15) is 4.31 Å². The highest BCUT2D eigenvalue weighted by Gasteiger charge is 2.50. The summed E-state index contributed by atoms with van der Waals surface area (Å²) in [5, 5.41) is 0. The van der Waals surface area contributed by atoms with Crippen LogP contribution >= 0.6 is 0 Å². The second kappa shape index (κ2) is 7.17. The Morgan fingerprint density at radius 1 is 1.04 bits per heavy atom. The van der Waals surface area contributed by atoms with Crippen LogP contribution in [0.5, 0.6) is 0 Å². The summed E-state index contributed by atoms with van der Waals surface area (Å²) < 4.78 is 69.0. The summed E-state index contributed by atoms with van der Waals surface area (Å²) in [5.74, 6) is -4.06. The van der Waals surface area contributed by atoms with Gasteiger partial charge >= 0.3 is 0 Å². The zero-order valence-corrected chi connectivity index (χ0v) is 16.0. The lowest BCUT2D eigenvalue weighted by Crippen LogP contribution is -2.44. The molecule has 0 radical (unpaired) electrons. The number of hydrogen-bond donors (Lipinski definition) is 0. The molecule has 0 amide bonds. The molecule has 0 N–H and O–H groups in total. The van der Waals surface area contributed by atoms with Gasteiger partial charge in [-0.05, 0) is 29.7 Å². The lowest BCUT2D eigenvalue weighted by Gasteiger charge is -2.33. The second-order valence-corrected chi connectivity index (χ2v) is 9.31. The molecule has 4 nitrogen and oxygen atoms in total. The Kier molecular flexibility index (Phi) is 4.97. The van der Waals surface area contributed by atoms with Crippen LogP contribution in [0.15, 0.2) is 53.4 Å². The molecular formula is C20H21F3N2O2S. The predicted octanol–water partition coefficient (Wildman–Crippen LogP) is 3.28. The highest BCUT2D eigenvalue weighted by Crippen LogP contribution is 2.37. The Labute approximate surface area is 162 Å². The molecule has 2 aliphatic rings. The van der Waals surface area contributed by atoms with E-state index in [4.69, 9.17) is 0 Å². The molecule has 0 saturated carbocycles. The average molecular weight is 410 g/mol. The van der Waals surface area contributed by atoms with Crippen LogP contribution in [0.2, 0.25) is 0 Å². The molecule has 28 heavy (non-hydrogen) atoms. The molecule has 2 aromatic rings. The van der Waals surface area contributed by atoms with Crippen molar-refractivity contribution in [1.29, 1.82) is 0 Å². The molecule has 150 valence electrons. The van der Waals surface area contributed by atoms with E-state index in [1.165, 1.54) is 17.7 Å². The number of rotatable bonds is 4. The van der Waals surface area contributed by atoms with Crippen molar-refractivity contribution in [3.8, 4) is 0 Å². The third-order valence-electron chi connectivity index (χ3n) is 5.43. The SMILES string of the molecule is O=S(=O)(c1ccccc1F)N1CC(F)(F)C[C@H]1CN1CCc2ccccc2C1. The molecule has 4 rings (SSSR count). The van der Waals surface area contributed by atoms with Gasteiger partial charge in [-0.3, -0.25) is 4.90 Å². The van der Waals surface area contributed by atoms with Crippen LogP contribution in [0.1, 0.15) is 17.5 Å². The maximum Gasteiger partial charge on any atom is 0.263 e. The smallest absolute Gasteiger partial charge is 0.263 e. The van der Waals surface area contributed by atoms with Crippen LogP contribution < -0.4 is 0 Å². The van der Waals surface area contributed by atoms with Crippen molar-refractivity contribution in [2.24, 2.45) is 0 Å². The van der Waals surface area contributed by atoms with Gasteiger partial charge in [0.2, 0.25) is 10.0 Å². The van der Waals surface area contributed by atoms with Crippen LogP contribution in [-0.2, 0) is 23.0 Å². The van der Waals surface area contributed by atoms with Gasteiger partial charge in [-0.15, -0.1) is 0 Å². The minimum atomic E-state index is -4.35. The molecule has 0 aliphatic carbocycles. The summed E-state index contributed by atoms with van der Waals surface area (Å²) in [6.45, 7) is 0.537. The van der Waals surface area contributed by atoms with Gasteiger partial charge in [0.05, 0.1) is 6.54 Å². The molecule has 0 aromatic heterocycles. The highest BCUT2D eigenvalue weighted by molar-refractivity contribution is 7.89. The summed E-state index contributed by atoms with van der Waals surface area (Å²) in [6, 6.07) is 12.0. The Balaban J connectivity index is 1.58. The number of benzene rings is 2. The number of fused-ring (bicyclic) bond motifs is 1. The zero-order valence-electron chi connectivity index (χ0n) is 15.2. The lowest BCUT2D eigenvalue weighted by atomic mass is 9.99. The molecular weight excluding hydrogens is 389 g/mol. The molecule has 2 aliphatic heterocycles. The normalized spacial score (nSPS) is 22.9. The van der Waals surface area contributed by atoms with E-state index >= 15 is 0 Å².